The molecule has 3 rings (SSSR count). The van der Waals surface area contributed by atoms with Crippen molar-refractivity contribution in [2.75, 3.05) is 27.0 Å². The number of aryl methyl sites for hydroxylation is 1. The lowest BCUT2D eigenvalue weighted by atomic mass is 10.1. The van der Waals surface area contributed by atoms with E-state index in [9.17, 15) is 13.2 Å². The van der Waals surface area contributed by atoms with Crippen molar-refractivity contribution in [3.63, 3.8) is 0 Å². The third kappa shape index (κ3) is 4.46. The first-order valence-electron chi connectivity index (χ1n) is 9.08. The van der Waals surface area contributed by atoms with E-state index in [2.05, 4.69) is 5.10 Å². The summed E-state index contributed by atoms with van der Waals surface area (Å²) in [6.07, 6.45) is 1.64. The average molecular weight is 470 g/mol. The van der Waals surface area contributed by atoms with Crippen LogP contribution in [-0.2, 0) is 16.6 Å². The van der Waals surface area contributed by atoms with Gasteiger partial charge < -0.3 is 4.74 Å². The quantitative estimate of drug-likeness (QED) is 0.527. The summed E-state index contributed by atoms with van der Waals surface area (Å²) < 4.78 is 31.7. The Labute approximate surface area is 184 Å². The van der Waals surface area contributed by atoms with E-state index in [0.717, 1.165) is 6.26 Å². The normalized spacial score (nSPS) is 11.9. The Morgan fingerprint density at radius 3 is 2.53 bits per heavy atom. The zero-order valence-electron chi connectivity index (χ0n) is 16.7. The van der Waals surface area contributed by atoms with Gasteiger partial charge in [0.1, 0.15) is 17.0 Å². The number of halogens is 2. The highest BCUT2D eigenvalue weighted by atomic mass is 35.5. The lowest BCUT2D eigenvalue weighted by Gasteiger charge is -2.17. The van der Waals surface area contributed by atoms with Gasteiger partial charge in [-0.05, 0) is 24.6 Å². The minimum atomic E-state index is -3.28. The van der Waals surface area contributed by atoms with Crippen molar-refractivity contribution < 1.29 is 13.2 Å². The molecule has 0 fully saturated rings. The minimum absolute atomic E-state index is 0.166. The molecule has 0 radical (unpaired) electrons. The van der Waals surface area contributed by atoms with Crippen molar-refractivity contribution in [1.29, 1.82) is 0 Å². The maximum absolute atomic E-state index is 13.2. The van der Waals surface area contributed by atoms with E-state index >= 15 is 0 Å². The summed E-state index contributed by atoms with van der Waals surface area (Å²) >= 11 is 12.5. The standard InChI is InChI=1S/C20H21Cl2N3O4S/c1-24(30(3,27)28)11-6-12-25-19-14(8-5-10-16(19)29-2)20(26)18(23-25)13-7-4-9-15(21)17(13)22/h4-5,7-10H,6,11-12H2,1-3H3. The maximum atomic E-state index is 13.2. The van der Waals surface area contributed by atoms with Gasteiger partial charge in [0.15, 0.2) is 0 Å². The molecule has 0 aliphatic heterocycles. The molecule has 2 aromatic carbocycles. The molecule has 0 bridgehead atoms. The van der Waals surface area contributed by atoms with Crippen LogP contribution < -0.4 is 10.2 Å². The van der Waals surface area contributed by atoms with Gasteiger partial charge in [-0.3, -0.25) is 9.48 Å². The van der Waals surface area contributed by atoms with E-state index in [-0.39, 0.29) is 16.1 Å². The number of nitrogens with zero attached hydrogens (tertiary/aromatic N) is 3. The molecule has 3 aromatic rings. The largest absolute Gasteiger partial charge is 0.494 e. The lowest BCUT2D eigenvalue weighted by Crippen LogP contribution is -2.27. The van der Waals surface area contributed by atoms with Crippen LogP contribution in [0.5, 0.6) is 5.75 Å². The molecule has 10 heteroatoms. The molecule has 30 heavy (non-hydrogen) atoms. The van der Waals surface area contributed by atoms with Gasteiger partial charge in [0, 0.05) is 25.7 Å². The molecule has 0 atom stereocenters. The number of hydrogen-bond acceptors (Lipinski definition) is 5. The number of hydrogen-bond donors (Lipinski definition) is 0. The lowest BCUT2D eigenvalue weighted by molar-refractivity contribution is 0.411. The van der Waals surface area contributed by atoms with Gasteiger partial charge in [-0.1, -0.05) is 41.4 Å². The van der Waals surface area contributed by atoms with E-state index in [1.165, 1.54) is 18.5 Å². The fourth-order valence-electron chi connectivity index (χ4n) is 3.11. The molecule has 0 amide bonds. The van der Waals surface area contributed by atoms with E-state index in [4.69, 9.17) is 27.9 Å². The number of fused-ring (bicyclic) bond motifs is 1. The summed E-state index contributed by atoms with van der Waals surface area (Å²) in [5.41, 5.74) is 0.840. The van der Waals surface area contributed by atoms with Crippen LogP contribution in [-0.4, -0.2) is 49.5 Å². The molecular weight excluding hydrogens is 449 g/mol. The topological polar surface area (TPSA) is 81.5 Å². The molecule has 0 unspecified atom stereocenters. The van der Waals surface area contributed by atoms with Crippen LogP contribution in [0.15, 0.2) is 41.2 Å². The van der Waals surface area contributed by atoms with Crippen molar-refractivity contribution in [3.05, 3.63) is 56.7 Å². The molecular formula is C20H21Cl2N3O4S. The fraction of sp³-hybridized carbons (Fsp3) is 0.300. The summed E-state index contributed by atoms with van der Waals surface area (Å²) in [4.78, 5) is 13.2. The molecule has 0 aliphatic carbocycles. The molecule has 1 aromatic heterocycles. The molecule has 0 saturated heterocycles. The monoisotopic (exact) mass is 469 g/mol. The van der Waals surface area contributed by atoms with Gasteiger partial charge in [-0.15, -0.1) is 0 Å². The van der Waals surface area contributed by atoms with Crippen LogP contribution in [0.25, 0.3) is 22.2 Å². The summed E-state index contributed by atoms with van der Waals surface area (Å²) in [6.45, 7) is 0.665. The van der Waals surface area contributed by atoms with Crippen LogP contribution in [0.3, 0.4) is 0 Å². The van der Waals surface area contributed by atoms with Gasteiger partial charge in [0.2, 0.25) is 15.5 Å². The summed E-state index contributed by atoms with van der Waals surface area (Å²) in [5, 5.41) is 5.54. The first-order valence-corrected chi connectivity index (χ1v) is 11.7. The molecule has 0 spiro atoms. The Morgan fingerprint density at radius 2 is 1.87 bits per heavy atom. The average Bonchev–Trinajstić information content (AvgIpc) is 2.70. The molecule has 1 heterocycles. The second kappa shape index (κ2) is 8.93. The number of para-hydroxylation sites is 1. The molecule has 0 saturated carbocycles. The van der Waals surface area contributed by atoms with Crippen molar-refractivity contribution in [3.8, 4) is 17.0 Å². The first-order chi connectivity index (χ1) is 14.1. The van der Waals surface area contributed by atoms with Crippen molar-refractivity contribution in [2.45, 2.75) is 13.0 Å². The zero-order valence-corrected chi connectivity index (χ0v) is 19.1. The second-order valence-corrected chi connectivity index (χ2v) is 9.67. The van der Waals surface area contributed by atoms with Crippen LogP contribution in [0.2, 0.25) is 10.0 Å². The van der Waals surface area contributed by atoms with Gasteiger partial charge in [0.05, 0.1) is 28.8 Å². The predicted molar refractivity (Wildman–Crippen MR) is 120 cm³/mol. The molecule has 7 nitrogen and oxygen atoms in total. The van der Waals surface area contributed by atoms with E-state index in [0.29, 0.717) is 46.7 Å². The van der Waals surface area contributed by atoms with Gasteiger partial charge in [0.25, 0.3) is 0 Å². The second-order valence-electron chi connectivity index (χ2n) is 6.80. The SMILES string of the molecule is COc1cccc2c(=O)c(-c3cccc(Cl)c3Cl)nn(CCCN(C)S(C)(=O)=O)c12. The van der Waals surface area contributed by atoms with E-state index in [1.807, 2.05) is 0 Å². The zero-order chi connectivity index (χ0) is 22.1. The third-order valence-corrected chi connectivity index (χ3v) is 6.91. The highest BCUT2D eigenvalue weighted by Gasteiger charge is 2.19. The third-order valence-electron chi connectivity index (χ3n) is 4.77. The van der Waals surface area contributed by atoms with Crippen molar-refractivity contribution in [2.24, 2.45) is 0 Å². The summed E-state index contributed by atoms with van der Waals surface area (Å²) in [7, 11) is -0.249. The predicted octanol–water partition coefficient (Wildman–Crippen LogP) is 3.66. The highest BCUT2D eigenvalue weighted by molar-refractivity contribution is 7.88. The van der Waals surface area contributed by atoms with Crippen LogP contribution in [0, 0.1) is 0 Å². The number of benzene rings is 2. The van der Waals surface area contributed by atoms with E-state index in [1.54, 1.807) is 41.1 Å². The van der Waals surface area contributed by atoms with Crippen LogP contribution >= 0.6 is 23.2 Å². The minimum Gasteiger partial charge on any atom is -0.494 e. The van der Waals surface area contributed by atoms with Crippen LogP contribution in [0.1, 0.15) is 6.42 Å². The number of rotatable bonds is 7. The van der Waals surface area contributed by atoms with Gasteiger partial charge >= 0.3 is 0 Å². The Hall–Kier alpha value is -2.13. The molecule has 0 aliphatic rings. The number of sulfonamides is 1. The maximum Gasteiger partial charge on any atom is 0.216 e. The van der Waals surface area contributed by atoms with Crippen molar-refractivity contribution in [1.82, 2.24) is 14.1 Å². The number of aromatic nitrogens is 2. The highest BCUT2D eigenvalue weighted by Crippen LogP contribution is 2.32. The van der Waals surface area contributed by atoms with Gasteiger partial charge in [-0.2, -0.15) is 5.10 Å². The fourth-order valence-corrected chi connectivity index (χ4v) is 3.96. The van der Waals surface area contributed by atoms with Gasteiger partial charge in [-0.25, -0.2) is 12.7 Å². The molecule has 160 valence electrons. The van der Waals surface area contributed by atoms with Crippen molar-refractivity contribution >= 4 is 44.1 Å². The summed E-state index contributed by atoms with van der Waals surface area (Å²) in [5.74, 6) is 0.498. The Bertz CT molecular complexity index is 1260. The van der Waals surface area contributed by atoms with Crippen LogP contribution in [0.4, 0.5) is 0 Å². The number of methoxy groups -OCH3 is 1. The summed E-state index contributed by atoms with van der Waals surface area (Å²) in [6, 6.07) is 10.2. The Balaban J connectivity index is 2.15. The first kappa shape index (κ1) is 22.6. The Kier molecular flexibility index (Phi) is 6.71. The molecule has 0 N–H and O–H groups in total. The smallest absolute Gasteiger partial charge is 0.216 e. The Morgan fingerprint density at radius 1 is 1.17 bits per heavy atom. The van der Waals surface area contributed by atoms with E-state index < -0.39 is 10.0 Å². The number of ether oxygens (including phenoxy) is 1.